The van der Waals surface area contributed by atoms with E-state index in [1.54, 1.807) is 0 Å². The molecule has 0 amide bonds. The summed E-state index contributed by atoms with van der Waals surface area (Å²) >= 11 is 0. The van der Waals surface area contributed by atoms with Crippen molar-refractivity contribution in [3.63, 3.8) is 0 Å². The van der Waals surface area contributed by atoms with Crippen molar-refractivity contribution in [2.75, 3.05) is 47.4 Å². The van der Waals surface area contributed by atoms with E-state index in [9.17, 15) is 0 Å². The van der Waals surface area contributed by atoms with Crippen molar-refractivity contribution >= 4 is 0 Å². The van der Waals surface area contributed by atoms with Crippen LogP contribution in [-0.2, 0) is 4.74 Å². The summed E-state index contributed by atoms with van der Waals surface area (Å²) < 4.78 is 5.18. The Morgan fingerprint density at radius 2 is 1.39 bits per heavy atom. The van der Waals surface area contributed by atoms with Crippen LogP contribution in [-0.4, -0.2) is 80.6 Å². The van der Waals surface area contributed by atoms with Crippen LogP contribution in [0.25, 0.3) is 0 Å². The first-order valence-electron chi connectivity index (χ1n) is 9.21. The lowest BCUT2D eigenvalue weighted by atomic mass is 10.3. The number of rotatable bonds is 7. The number of hydrogen-bond donors (Lipinski definition) is 1. The minimum absolute atomic E-state index is 0.343. The summed E-state index contributed by atoms with van der Waals surface area (Å²) in [4.78, 5) is 6.67. The molecule has 1 fully saturated rings. The second kappa shape index (κ2) is 15.3. The Balaban J connectivity index is 0. The molecule has 0 radical (unpaired) electrons. The van der Waals surface area contributed by atoms with Gasteiger partial charge in [0.15, 0.2) is 0 Å². The fraction of sp³-hybridized carbons (Fsp3) is 1.00. The molecular weight excluding hydrogens is 288 g/mol. The van der Waals surface area contributed by atoms with Crippen LogP contribution in [0.3, 0.4) is 0 Å². The Labute approximate surface area is 146 Å². The minimum atomic E-state index is 0.343. The Bertz CT molecular complexity index is 231. The van der Waals surface area contributed by atoms with Crippen molar-refractivity contribution < 1.29 is 4.74 Å². The summed E-state index contributed by atoms with van der Waals surface area (Å²) in [5.41, 5.74) is 0. The largest absolute Gasteiger partial charge is 0.345 e. The van der Waals surface area contributed by atoms with Crippen LogP contribution >= 0.6 is 0 Å². The molecular formula is C18H44N4O. The molecule has 1 aliphatic heterocycles. The van der Waals surface area contributed by atoms with E-state index in [4.69, 9.17) is 4.74 Å². The number of ether oxygens (including phenoxy) is 1. The zero-order valence-corrected chi connectivity index (χ0v) is 17.5. The molecule has 5 heteroatoms. The molecule has 0 aromatic carbocycles. The van der Waals surface area contributed by atoms with Gasteiger partial charge in [-0.2, -0.15) is 0 Å². The van der Waals surface area contributed by atoms with E-state index >= 15 is 0 Å². The third-order valence-corrected chi connectivity index (χ3v) is 4.48. The quantitative estimate of drug-likeness (QED) is 0.725. The van der Waals surface area contributed by atoms with Gasteiger partial charge in [-0.15, -0.1) is 0 Å². The fourth-order valence-corrected chi connectivity index (χ4v) is 1.50. The summed E-state index contributed by atoms with van der Waals surface area (Å²) in [5.74, 6) is 0. The lowest BCUT2D eigenvalue weighted by Crippen LogP contribution is -2.52. The SMILES string of the molecule is CC1OC(C)N1C.CCC(C)NCN(C)CC.CCN(C)CC. The van der Waals surface area contributed by atoms with Gasteiger partial charge in [0.25, 0.3) is 0 Å². The summed E-state index contributed by atoms with van der Waals surface area (Å²) in [6.45, 7) is 19.4. The Hall–Kier alpha value is -0.200. The first-order chi connectivity index (χ1) is 10.7. The van der Waals surface area contributed by atoms with Crippen LogP contribution in [0, 0.1) is 0 Å². The smallest absolute Gasteiger partial charge is 0.111 e. The number of hydrogen-bond acceptors (Lipinski definition) is 5. The van der Waals surface area contributed by atoms with E-state index in [1.807, 2.05) is 13.8 Å². The molecule has 1 aliphatic rings. The topological polar surface area (TPSA) is 31.0 Å². The van der Waals surface area contributed by atoms with Gasteiger partial charge < -0.3 is 15.0 Å². The van der Waals surface area contributed by atoms with Gasteiger partial charge in [0.1, 0.15) is 12.5 Å². The minimum Gasteiger partial charge on any atom is -0.345 e. The molecule has 0 saturated carbocycles. The van der Waals surface area contributed by atoms with Crippen LogP contribution < -0.4 is 5.32 Å². The summed E-state index contributed by atoms with van der Waals surface area (Å²) in [7, 11) is 6.29. The number of nitrogens with one attached hydrogen (secondary N) is 1. The first kappa shape index (κ1) is 25.0. The molecule has 1 heterocycles. The highest BCUT2D eigenvalue weighted by molar-refractivity contribution is 4.64. The van der Waals surface area contributed by atoms with Crippen molar-refractivity contribution in [3.8, 4) is 0 Å². The molecule has 0 bridgehead atoms. The Morgan fingerprint density at radius 1 is 0.957 bits per heavy atom. The van der Waals surface area contributed by atoms with Gasteiger partial charge in [-0.25, -0.2) is 0 Å². The Morgan fingerprint density at radius 3 is 1.57 bits per heavy atom. The molecule has 0 spiro atoms. The molecule has 1 rings (SSSR count). The van der Waals surface area contributed by atoms with E-state index in [2.05, 4.69) is 75.8 Å². The maximum atomic E-state index is 5.18. The molecule has 5 nitrogen and oxygen atoms in total. The highest BCUT2D eigenvalue weighted by atomic mass is 16.6. The molecule has 1 N–H and O–H groups in total. The predicted molar refractivity (Wildman–Crippen MR) is 103 cm³/mol. The predicted octanol–water partition coefficient (Wildman–Crippen LogP) is 2.88. The molecule has 3 atom stereocenters. The van der Waals surface area contributed by atoms with Crippen molar-refractivity contribution in [1.82, 2.24) is 20.0 Å². The normalized spacial score (nSPS) is 21.9. The van der Waals surface area contributed by atoms with Gasteiger partial charge in [-0.05, 0) is 68.0 Å². The maximum absolute atomic E-state index is 5.18. The average Bonchev–Trinajstić information content (AvgIpc) is 2.59. The second-order valence-corrected chi connectivity index (χ2v) is 6.33. The van der Waals surface area contributed by atoms with Gasteiger partial charge >= 0.3 is 0 Å². The molecule has 3 unspecified atom stereocenters. The van der Waals surface area contributed by atoms with Crippen LogP contribution in [0.1, 0.15) is 54.9 Å². The summed E-state index contributed by atoms with van der Waals surface area (Å²) in [6, 6.07) is 0.647. The number of nitrogens with zero attached hydrogens (tertiary/aromatic N) is 3. The van der Waals surface area contributed by atoms with E-state index in [0.717, 1.165) is 26.3 Å². The van der Waals surface area contributed by atoms with Crippen molar-refractivity contribution in [2.24, 2.45) is 0 Å². The zero-order chi connectivity index (χ0) is 18.4. The van der Waals surface area contributed by atoms with Crippen LogP contribution in [0.4, 0.5) is 0 Å². The first-order valence-corrected chi connectivity index (χ1v) is 9.21. The van der Waals surface area contributed by atoms with Gasteiger partial charge in [0, 0.05) is 12.7 Å². The monoisotopic (exact) mass is 332 g/mol. The van der Waals surface area contributed by atoms with Gasteiger partial charge in [-0.3, -0.25) is 9.80 Å². The van der Waals surface area contributed by atoms with E-state index in [1.165, 1.54) is 6.42 Å². The van der Waals surface area contributed by atoms with E-state index in [0.29, 0.717) is 18.5 Å². The molecule has 0 aromatic heterocycles. The zero-order valence-electron chi connectivity index (χ0n) is 17.5. The van der Waals surface area contributed by atoms with Gasteiger partial charge in [0.05, 0.1) is 0 Å². The van der Waals surface area contributed by atoms with E-state index < -0.39 is 0 Å². The maximum Gasteiger partial charge on any atom is 0.111 e. The van der Waals surface area contributed by atoms with Crippen molar-refractivity contribution in [1.29, 1.82) is 0 Å². The molecule has 1 saturated heterocycles. The molecule has 23 heavy (non-hydrogen) atoms. The lowest BCUT2D eigenvalue weighted by Gasteiger charge is -2.42. The molecule has 0 aliphatic carbocycles. The molecule has 0 aromatic rings. The van der Waals surface area contributed by atoms with Crippen LogP contribution in [0.5, 0.6) is 0 Å². The van der Waals surface area contributed by atoms with Crippen LogP contribution in [0.2, 0.25) is 0 Å². The van der Waals surface area contributed by atoms with Crippen molar-refractivity contribution in [2.45, 2.75) is 73.4 Å². The average molecular weight is 333 g/mol. The summed E-state index contributed by atoms with van der Waals surface area (Å²) in [5, 5.41) is 3.41. The third-order valence-electron chi connectivity index (χ3n) is 4.48. The fourth-order valence-electron chi connectivity index (χ4n) is 1.50. The van der Waals surface area contributed by atoms with Gasteiger partial charge in [0.2, 0.25) is 0 Å². The second-order valence-electron chi connectivity index (χ2n) is 6.33. The van der Waals surface area contributed by atoms with E-state index in [-0.39, 0.29) is 0 Å². The summed E-state index contributed by atoms with van der Waals surface area (Å²) in [6.07, 6.45) is 1.89. The van der Waals surface area contributed by atoms with Gasteiger partial charge in [-0.1, -0.05) is 27.7 Å². The standard InChI is InChI=1S/C8H20N2.C5H11NO.C5H13N/c1-5-8(3)9-7-10(4)6-2;1-4-6(3)5(2)7-4;1-4-6(3)5-2/h8-9H,5-7H2,1-4H3;4-5H,1-3H3;4-5H2,1-3H3. The van der Waals surface area contributed by atoms with Crippen molar-refractivity contribution in [3.05, 3.63) is 0 Å². The Kier molecular flexibility index (Phi) is 16.7. The third kappa shape index (κ3) is 13.9. The molecule has 142 valence electrons. The van der Waals surface area contributed by atoms with Crippen LogP contribution in [0.15, 0.2) is 0 Å². The highest BCUT2D eigenvalue weighted by Gasteiger charge is 2.27. The highest BCUT2D eigenvalue weighted by Crippen LogP contribution is 2.16. The lowest BCUT2D eigenvalue weighted by molar-refractivity contribution is -0.255.